The smallest absolute Gasteiger partial charge is 0.328 e. The van der Waals surface area contributed by atoms with E-state index in [4.69, 9.17) is 16.7 Å². The van der Waals surface area contributed by atoms with Gasteiger partial charge >= 0.3 is 11.9 Å². The van der Waals surface area contributed by atoms with Gasteiger partial charge in [-0.25, -0.2) is 4.79 Å². The van der Waals surface area contributed by atoms with Crippen LogP contribution in [-0.2, 0) is 9.59 Å². The Kier molecular flexibility index (Phi) is 4.44. The van der Waals surface area contributed by atoms with Crippen LogP contribution in [0.25, 0.3) is 0 Å². The molecule has 0 aliphatic carbocycles. The average molecular weight is 313 g/mol. The minimum absolute atomic E-state index is 0.113. The maximum absolute atomic E-state index is 12.4. The van der Waals surface area contributed by atoms with Crippen LogP contribution in [0.2, 0.25) is 5.02 Å². The van der Waals surface area contributed by atoms with Crippen molar-refractivity contribution in [3.63, 3.8) is 0 Å². The van der Waals surface area contributed by atoms with Crippen LogP contribution in [0.3, 0.4) is 0 Å². The molecule has 0 saturated carbocycles. The summed E-state index contributed by atoms with van der Waals surface area (Å²) in [5, 5.41) is 21.4. The monoisotopic (exact) mass is 312 g/mol. The highest BCUT2D eigenvalue weighted by molar-refractivity contribution is 6.30. The highest BCUT2D eigenvalue weighted by Crippen LogP contribution is 2.17. The van der Waals surface area contributed by atoms with Crippen molar-refractivity contribution in [2.75, 3.05) is 13.1 Å². The third-order valence-corrected chi connectivity index (χ3v) is 3.49. The number of carboxylic acid groups (broad SMARTS) is 2. The van der Waals surface area contributed by atoms with Crippen LogP contribution in [0.1, 0.15) is 10.4 Å². The Morgan fingerprint density at radius 2 is 1.76 bits per heavy atom. The number of hydrogen-bond acceptors (Lipinski definition) is 4. The molecular formula is C13H13ClN2O5. The molecule has 2 atom stereocenters. The van der Waals surface area contributed by atoms with E-state index in [1.165, 1.54) is 24.3 Å². The SMILES string of the molecule is O=C(O)[C@H]1NCCN(C(=O)c2ccc(Cl)cc2)[C@@H]1C(=O)O. The molecule has 0 radical (unpaired) electrons. The van der Waals surface area contributed by atoms with Crippen LogP contribution >= 0.6 is 11.6 Å². The molecule has 0 unspecified atom stereocenters. The molecule has 21 heavy (non-hydrogen) atoms. The van der Waals surface area contributed by atoms with Crippen LogP contribution in [0, 0.1) is 0 Å². The van der Waals surface area contributed by atoms with Crippen molar-refractivity contribution >= 4 is 29.4 Å². The van der Waals surface area contributed by atoms with Crippen LogP contribution in [0.4, 0.5) is 0 Å². The molecule has 7 nitrogen and oxygen atoms in total. The van der Waals surface area contributed by atoms with Crippen LogP contribution < -0.4 is 5.32 Å². The Bertz CT molecular complexity index is 574. The number of aliphatic carboxylic acids is 2. The number of carbonyl (C=O) groups excluding carboxylic acids is 1. The average Bonchev–Trinajstić information content (AvgIpc) is 2.46. The molecule has 1 aromatic carbocycles. The molecule has 1 heterocycles. The molecular weight excluding hydrogens is 300 g/mol. The summed E-state index contributed by atoms with van der Waals surface area (Å²) in [7, 11) is 0. The minimum Gasteiger partial charge on any atom is -0.480 e. The molecule has 1 aliphatic heterocycles. The zero-order valence-electron chi connectivity index (χ0n) is 10.8. The van der Waals surface area contributed by atoms with Crippen molar-refractivity contribution in [2.45, 2.75) is 12.1 Å². The lowest BCUT2D eigenvalue weighted by Crippen LogP contribution is -2.65. The van der Waals surface area contributed by atoms with Crippen molar-refractivity contribution in [3.8, 4) is 0 Å². The molecule has 1 aromatic rings. The van der Waals surface area contributed by atoms with Crippen molar-refractivity contribution in [3.05, 3.63) is 34.9 Å². The number of benzene rings is 1. The van der Waals surface area contributed by atoms with E-state index in [9.17, 15) is 19.5 Å². The number of halogens is 1. The van der Waals surface area contributed by atoms with Gasteiger partial charge in [-0.2, -0.15) is 0 Å². The van der Waals surface area contributed by atoms with Gasteiger partial charge in [0.2, 0.25) is 0 Å². The second-order valence-corrected chi connectivity index (χ2v) is 4.99. The van der Waals surface area contributed by atoms with Gasteiger partial charge in [-0.15, -0.1) is 0 Å². The van der Waals surface area contributed by atoms with Crippen LogP contribution in [0.5, 0.6) is 0 Å². The van der Waals surface area contributed by atoms with E-state index in [0.717, 1.165) is 4.90 Å². The molecule has 0 spiro atoms. The van der Waals surface area contributed by atoms with Gasteiger partial charge < -0.3 is 20.4 Å². The summed E-state index contributed by atoms with van der Waals surface area (Å²) in [6, 6.07) is 3.18. The lowest BCUT2D eigenvalue weighted by Gasteiger charge is -2.37. The van der Waals surface area contributed by atoms with Gasteiger partial charge in [-0.3, -0.25) is 9.59 Å². The standard InChI is InChI=1S/C13H13ClN2O5/c14-8-3-1-7(2-4-8)11(17)16-6-5-15-9(12(18)19)10(16)13(20)21/h1-4,9-10,15H,5-6H2,(H,18,19)(H,20,21)/t9-,10-/m0/s1. The van der Waals surface area contributed by atoms with Crippen molar-refractivity contribution in [1.29, 1.82) is 0 Å². The Morgan fingerprint density at radius 1 is 1.14 bits per heavy atom. The zero-order chi connectivity index (χ0) is 15.6. The molecule has 2 rings (SSSR count). The minimum atomic E-state index is -1.46. The molecule has 1 saturated heterocycles. The Labute approximate surface area is 125 Å². The molecule has 0 bridgehead atoms. The predicted molar refractivity (Wildman–Crippen MR) is 73.3 cm³/mol. The van der Waals surface area contributed by atoms with Crippen molar-refractivity contribution < 1.29 is 24.6 Å². The lowest BCUT2D eigenvalue weighted by atomic mass is 10.0. The third kappa shape index (κ3) is 3.14. The van der Waals surface area contributed by atoms with Crippen LogP contribution in [-0.4, -0.2) is 58.1 Å². The van der Waals surface area contributed by atoms with E-state index in [1.54, 1.807) is 0 Å². The number of carboxylic acids is 2. The van der Waals surface area contributed by atoms with E-state index in [0.29, 0.717) is 5.02 Å². The first-order valence-electron chi connectivity index (χ1n) is 6.17. The summed E-state index contributed by atoms with van der Waals surface area (Å²) >= 11 is 5.74. The fourth-order valence-corrected chi connectivity index (χ4v) is 2.38. The molecule has 0 aromatic heterocycles. The number of nitrogens with one attached hydrogen (secondary N) is 1. The first-order valence-corrected chi connectivity index (χ1v) is 6.55. The molecule has 1 aliphatic rings. The topological polar surface area (TPSA) is 107 Å². The van der Waals surface area contributed by atoms with Gasteiger partial charge in [0.25, 0.3) is 5.91 Å². The molecule has 1 fully saturated rings. The number of amides is 1. The maximum Gasteiger partial charge on any atom is 0.328 e. The summed E-state index contributed by atoms with van der Waals surface area (Å²) in [6.45, 7) is 0.322. The summed E-state index contributed by atoms with van der Waals surface area (Å²) in [6.07, 6.45) is 0. The Balaban J connectivity index is 2.31. The first-order chi connectivity index (χ1) is 9.91. The van der Waals surface area contributed by atoms with E-state index in [2.05, 4.69) is 5.32 Å². The third-order valence-electron chi connectivity index (χ3n) is 3.24. The number of nitrogens with zero attached hydrogens (tertiary/aromatic N) is 1. The highest BCUT2D eigenvalue weighted by atomic mass is 35.5. The number of hydrogen-bond donors (Lipinski definition) is 3. The van der Waals surface area contributed by atoms with E-state index >= 15 is 0 Å². The van der Waals surface area contributed by atoms with Crippen LogP contribution in [0.15, 0.2) is 24.3 Å². The largest absolute Gasteiger partial charge is 0.480 e. The Morgan fingerprint density at radius 3 is 2.29 bits per heavy atom. The summed E-state index contributed by atoms with van der Waals surface area (Å²) in [5.41, 5.74) is 0.261. The summed E-state index contributed by atoms with van der Waals surface area (Å²) in [4.78, 5) is 35.9. The number of carbonyl (C=O) groups is 3. The van der Waals surface area contributed by atoms with Gasteiger partial charge in [0, 0.05) is 23.7 Å². The van der Waals surface area contributed by atoms with E-state index in [1.807, 2.05) is 0 Å². The van der Waals surface area contributed by atoms with Gasteiger partial charge in [-0.1, -0.05) is 11.6 Å². The molecule has 112 valence electrons. The van der Waals surface area contributed by atoms with Gasteiger partial charge in [-0.05, 0) is 24.3 Å². The van der Waals surface area contributed by atoms with Gasteiger partial charge in [0.05, 0.1) is 0 Å². The fraction of sp³-hybridized carbons (Fsp3) is 0.308. The fourth-order valence-electron chi connectivity index (χ4n) is 2.26. The normalized spacial score (nSPS) is 21.9. The number of rotatable bonds is 3. The maximum atomic E-state index is 12.4. The summed E-state index contributed by atoms with van der Waals surface area (Å²) < 4.78 is 0. The second kappa shape index (κ2) is 6.11. The zero-order valence-corrected chi connectivity index (χ0v) is 11.6. The first kappa shape index (κ1) is 15.3. The van der Waals surface area contributed by atoms with Gasteiger partial charge in [0.15, 0.2) is 6.04 Å². The summed E-state index contributed by atoms with van der Waals surface area (Å²) in [5.74, 6) is -3.21. The van der Waals surface area contributed by atoms with Crippen molar-refractivity contribution in [1.82, 2.24) is 10.2 Å². The van der Waals surface area contributed by atoms with E-state index < -0.39 is 29.9 Å². The van der Waals surface area contributed by atoms with Crippen molar-refractivity contribution in [2.24, 2.45) is 0 Å². The van der Waals surface area contributed by atoms with Gasteiger partial charge in [0.1, 0.15) is 6.04 Å². The molecule has 1 amide bonds. The lowest BCUT2D eigenvalue weighted by molar-refractivity contribution is -0.152. The van der Waals surface area contributed by atoms with E-state index in [-0.39, 0.29) is 18.7 Å². The quantitative estimate of drug-likeness (QED) is 0.740. The predicted octanol–water partition coefficient (Wildman–Crippen LogP) is 0.292. The second-order valence-electron chi connectivity index (χ2n) is 4.56. The Hall–Kier alpha value is -2.12. The number of piperazine rings is 1. The highest BCUT2D eigenvalue weighted by Gasteiger charge is 2.43. The molecule has 3 N–H and O–H groups in total. The molecule has 8 heteroatoms.